The number of piperidine rings is 1. The minimum absolute atomic E-state index is 0.235. The van der Waals surface area contributed by atoms with Gasteiger partial charge in [0.15, 0.2) is 11.6 Å². The Hall–Kier alpha value is -3.85. The Morgan fingerprint density at radius 3 is 2.83 bits per heavy atom. The smallest absolute Gasteiger partial charge is 0.166 e. The van der Waals surface area contributed by atoms with Gasteiger partial charge in [-0.3, -0.25) is 0 Å². The molecule has 2 atom stereocenters. The first-order valence-electron chi connectivity index (χ1n) is 11.9. The predicted molar refractivity (Wildman–Crippen MR) is 131 cm³/mol. The first-order chi connectivity index (χ1) is 17.2. The third-order valence-corrected chi connectivity index (χ3v) is 6.83. The van der Waals surface area contributed by atoms with E-state index >= 15 is 0 Å². The number of pyridine rings is 1. The van der Waals surface area contributed by atoms with Crippen molar-refractivity contribution in [2.24, 2.45) is 5.92 Å². The van der Waals surface area contributed by atoms with Gasteiger partial charge in [-0.1, -0.05) is 12.1 Å². The number of methoxy groups -OCH3 is 1. The summed E-state index contributed by atoms with van der Waals surface area (Å²) in [6.45, 7) is 3.11. The molecule has 9 heteroatoms. The van der Waals surface area contributed by atoms with E-state index < -0.39 is 5.82 Å². The third kappa shape index (κ3) is 4.12. The van der Waals surface area contributed by atoms with Crippen LogP contribution in [0.25, 0.3) is 28.5 Å². The number of benzene rings is 1. The summed E-state index contributed by atoms with van der Waals surface area (Å²) >= 11 is 0. The lowest BCUT2D eigenvalue weighted by atomic mass is 9.94. The van der Waals surface area contributed by atoms with Crippen LogP contribution in [0, 0.1) is 11.7 Å². The maximum absolute atomic E-state index is 14.6. The van der Waals surface area contributed by atoms with E-state index in [9.17, 15) is 4.39 Å². The van der Waals surface area contributed by atoms with E-state index in [1.54, 1.807) is 35.3 Å². The fourth-order valence-corrected chi connectivity index (χ4v) is 5.06. The van der Waals surface area contributed by atoms with Gasteiger partial charge in [0.25, 0.3) is 0 Å². The highest BCUT2D eigenvalue weighted by Gasteiger charge is 2.34. The Labute approximate surface area is 202 Å². The second kappa shape index (κ2) is 9.07. The van der Waals surface area contributed by atoms with Crippen LogP contribution in [0.4, 0.5) is 10.2 Å². The van der Waals surface area contributed by atoms with Crippen molar-refractivity contribution in [1.82, 2.24) is 30.0 Å². The highest BCUT2D eigenvalue weighted by Crippen LogP contribution is 2.32. The van der Waals surface area contributed by atoms with Crippen molar-refractivity contribution in [3.8, 4) is 34.2 Å². The number of ether oxygens (including phenoxy) is 1. The van der Waals surface area contributed by atoms with E-state index in [0.717, 1.165) is 36.8 Å². The van der Waals surface area contributed by atoms with Gasteiger partial charge < -0.3 is 15.0 Å². The van der Waals surface area contributed by atoms with Crippen molar-refractivity contribution < 1.29 is 9.13 Å². The molecule has 0 saturated carbocycles. The highest BCUT2D eigenvalue weighted by atomic mass is 19.1. The molecule has 4 aromatic rings. The first-order valence-corrected chi connectivity index (χ1v) is 11.9. The molecule has 1 aromatic carbocycles. The van der Waals surface area contributed by atoms with Gasteiger partial charge in [0.2, 0.25) is 0 Å². The van der Waals surface area contributed by atoms with Gasteiger partial charge in [0.05, 0.1) is 24.6 Å². The van der Waals surface area contributed by atoms with E-state index in [0.29, 0.717) is 23.4 Å². The van der Waals surface area contributed by atoms with Crippen LogP contribution in [0.15, 0.2) is 61.1 Å². The minimum atomic E-state index is -0.435. The largest absolute Gasteiger partial charge is 0.496 e. The molecule has 35 heavy (non-hydrogen) atoms. The molecule has 2 aliphatic heterocycles. The van der Waals surface area contributed by atoms with Crippen LogP contribution < -0.4 is 15.0 Å². The van der Waals surface area contributed by atoms with Crippen LogP contribution >= 0.6 is 0 Å². The van der Waals surface area contributed by atoms with Crippen LogP contribution in [0.1, 0.15) is 12.8 Å². The van der Waals surface area contributed by atoms with E-state index in [4.69, 9.17) is 9.72 Å². The molecule has 2 fully saturated rings. The predicted octanol–water partition coefficient (Wildman–Crippen LogP) is 3.73. The molecular weight excluding hydrogens is 445 g/mol. The zero-order valence-corrected chi connectivity index (χ0v) is 19.4. The molecule has 8 nitrogen and oxygen atoms in total. The second-order valence-corrected chi connectivity index (χ2v) is 8.98. The quantitative estimate of drug-likeness (QED) is 0.475. The number of hydrogen-bond donors (Lipinski definition) is 1. The van der Waals surface area contributed by atoms with Crippen molar-refractivity contribution in [3.63, 3.8) is 0 Å². The maximum atomic E-state index is 14.6. The number of rotatable bonds is 5. The number of nitrogens with zero attached hydrogens (tertiary/aromatic N) is 6. The number of halogens is 1. The molecule has 0 unspecified atom stereocenters. The summed E-state index contributed by atoms with van der Waals surface area (Å²) in [4.78, 5) is 16.1. The second-order valence-electron chi connectivity index (χ2n) is 8.98. The number of anilines is 1. The fraction of sp³-hybridized carbons (Fsp3) is 0.308. The van der Waals surface area contributed by atoms with Crippen LogP contribution in [-0.2, 0) is 0 Å². The summed E-state index contributed by atoms with van der Waals surface area (Å²) in [6, 6.07) is 13.0. The topological polar surface area (TPSA) is 81.0 Å². The van der Waals surface area contributed by atoms with Gasteiger partial charge in [0, 0.05) is 37.1 Å². The minimum Gasteiger partial charge on any atom is -0.496 e. The van der Waals surface area contributed by atoms with Crippen molar-refractivity contribution in [1.29, 1.82) is 0 Å². The molecule has 0 bridgehead atoms. The molecular formula is C26H26FN7O. The molecule has 6 rings (SSSR count). The van der Waals surface area contributed by atoms with Gasteiger partial charge in [-0.25, -0.2) is 24.0 Å². The van der Waals surface area contributed by atoms with Gasteiger partial charge in [-0.2, -0.15) is 5.10 Å². The SMILES string of the molecule is COc1cccc(F)c1-c1nccc(-c2cnn(-c3cccc(N4C[C@H]5CCCN[C@H]5C4)n3)c2)n1. The zero-order chi connectivity index (χ0) is 23.8. The Bertz CT molecular complexity index is 1340. The third-order valence-electron chi connectivity index (χ3n) is 6.83. The van der Waals surface area contributed by atoms with E-state index in [1.807, 2.05) is 18.3 Å². The number of nitrogens with one attached hydrogen (secondary N) is 1. The lowest BCUT2D eigenvalue weighted by molar-refractivity contribution is 0.340. The van der Waals surface area contributed by atoms with Crippen molar-refractivity contribution in [2.75, 3.05) is 31.6 Å². The van der Waals surface area contributed by atoms with Crippen LogP contribution in [-0.4, -0.2) is 57.5 Å². The van der Waals surface area contributed by atoms with Crippen LogP contribution in [0.5, 0.6) is 5.75 Å². The zero-order valence-electron chi connectivity index (χ0n) is 19.4. The van der Waals surface area contributed by atoms with Gasteiger partial charge in [0.1, 0.15) is 17.4 Å². The normalized spacial score (nSPS) is 19.5. The lowest BCUT2D eigenvalue weighted by Crippen LogP contribution is -2.40. The van der Waals surface area contributed by atoms with Crippen molar-refractivity contribution >= 4 is 5.82 Å². The summed E-state index contributed by atoms with van der Waals surface area (Å²) in [5, 5.41) is 8.17. The molecule has 2 aliphatic rings. The van der Waals surface area contributed by atoms with Gasteiger partial charge in [-0.05, 0) is 55.6 Å². The summed E-state index contributed by atoms with van der Waals surface area (Å²) < 4.78 is 21.6. The molecule has 5 heterocycles. The summed E-state index contributed by atoms with van der Waals surface area (Å²) in [5.41, 5.74) is 1.66. The monoisotopic (exact) mass is 471 g/mol. The summed E-state index contributed by atoms with van der Waals surface area (Å²) in [5.74, 6) is 2.60. The molecule has 2 saturated heterocycles. The molecule has 0 spiro atoms. The molecule has 0 aliphatic carbocycles. The van der Waals surface area contributed by atoms with Crippen LogP contribution in [0.2, 0.25) is 0 Å². The molecule has 178 valence electrons. The molecule has 1 N–H and O–H groups in total. The van der Waals surface area contributed by atoms with Gasteiger partial charge in [-0.15, -0.1) is 0 Å². The van der Waals surface area contributed by atoms with Crippen molar-refractivity contribution in [3.05, 3.63) is 66.9 Å². The summed E-state index contributed by atoms with van der Waals surface area (Å²) in [7, 11) is 1.50. The van der Waals surface area contributed by atoms with E-state index in [-0.39, 0.29) is 11.4 Å². The Balaban J connectivity index is 1.27. The van der Waals surface area contributed by atoms with Crippen LogP contribution in [0.3, 0.4) is 0 Å². The summed E-state index contributed by atoms with van der Waals surface area (Å²) in [6.07, 6.45) is 7.74. The Kier molecular flexibility index (Phi) is 5.61. The average Bonchev–Trinajstić information content (AvgIpc) is 3.57. The van der Waals surface area contributed by atoms with Crippen molar-refractivity contribution in [2.45, 2.75) is 18.9 Å². The standard InChI is InChI=1S/C26H26FN7O/c1-35-22-7-2-6-19(27)25(22)26-29-12-10-20(31-26)18-13-30-34(15-18)24-9-3-8-23(32-24)33-14-17-5-4-11-28-21(17)16-33/h2-3,6-10,12-13,15,17,21,28H,4-5,11,14,16H2,1H3/t17-,21+/m1/s1. The number of hydrogen-bond acceptors (Lipinski definition) is 7. The van der Waals surface area contributed by atoms with E-state index in [2.05, 4.69) is 31.3 Å². The lowest BCUT2D eigenvalue weighted by Gasteiger charge is -2.24. The number of aromatic nitrogens is 5. The molecule has 0 radical (unpaired) electrons. The highest BCUT2D eigenvalue weighted by molar-refractivity contribution is 5.68. The van der Waals surface area contributed by atoms with E-state index in [1.165, 1.54) is 26.0 Å². The maximum Gasteiger partial charge on any atom is 0.166 e. The average molecular weight is 472 g/mol. The fourth-order valence-electron chi connectivity index (χ4n) is 5.06. The van der Waals surface area contributed by atoms with Gasteiger partial charge >= 0.3 is 0 Å². The molecule has 3 aromatic heterocycles. The first kappa shape index (κ1) is 21.7. The Morgan fingerprint density at radius 1 is 1.06 bits per heavy atom. The Morgan fingerprint density at radius 2 is 1.94 bits per heavy atom. The molecule has 0 amide bonds. The number of fused-ring (bicyclic) bond motifs is 1.